The molecule has 0 aliphatic carbocycles. The van der Waals surface area contributed by atoms with Crippen molar-refractivity contribution in [2.75, 3.05) is 31.6 Å². The van der Waals surface area contributed by atoms with Gasteiger partial charge < -0.3 is 14.9 Å². The highest BCUT2D eigenvalue weighted by Crippen LogP contribution is 2.35. The standard InChI is InChI=1S/C19H24N4O/c1-13-5-3-7-17(24)18(13)16-11-14-8-10-23(19(14)21-20-16)15-6-4-9-22(2)12-15/h3,5,7,11,15,24H,4,6,8-10,12H2,1-2H3. The summed E-state index contributed by atoms with van der Waals surface area (Å²) in [5, 5.41) is 19.2. The van der Waals surface area contributed by atoms with Crippen LogP contribution < -0.4 is 4.90 Å². The van der Waals surface area contributed by atoms with Crippen molar-refractivity contribution in [2.24, 2.45) is 0 Å². The molecule has 126 valence electrons. The van der Waals surface area contributed by atoms with Gasteiger partial charge >= 0.3 is 0 Å². The van der Waals surface area contributed by atoms with Gasteiger partial charge in [-0.25, -0.2) is 0 Å². The van der Waals surface area contributed by atoms with Crippen LogP contribution in [0.4, 0.5) is 5.82 Å². The van der Waals surface area contributed by atoms with Crippen LogP contribution in [-0.4, -0.2) is 52.9 Å². The molecule has 0 radical (unpaired) electrons. The summed E-state index contributed by atoms with van der Waals surface area (Å²) in [6.45, 7) is 5.30. The molecule has 5 nitrogen and oxygen atoms in total. The maximum Gasteiger partial charge on any atom is 0.154 e. The van der Waals surface area contributed by atoms with Crippen molar-refractivity contribution in [1.29, 1.82) is 0 Å². The lowest BCUT2D eigenvalue weighted by Gasteiger charge is -2.36. The van der Waals surface area contributed by atoms with E-state index in [0.29, 0.717) is 6.04 Å². The third-order valence-electron chi connectivity index (χ3n) is 5.29. The number of phenolic OH excluding ortho intramolecular Hbond substituents is 1. The molecule has 1 unspecified atom stereocenters. The first kappa shape index (κ1) is 15.4. The van der Waals surface area contributed by atoms with Gasteiger partial charge in [0.05, 0.1) is 5.69 Å². The second-order valence-corrected chi connectivity index (χ2v) is 7.05. The summed E-state index contributed by atoms with van der Waals surface area (Å²) in [6.07, 6.45) is 3.48. The van der Waals surface area contributed by atoms with Crippen molar-refractivity contribution >= 4 is 5.82 Å². The summed E-state index contributed by atoms with van der Waals surface area (Å²) < 4.78 is 0. The Labute approximate surface area is 142 Å². The first-order chi connectivity index (χ1) is 11.6. The number of phenols is 1. The molecule has 24 heavy (non-hydrogen) atoms. The summed E-state index contributed by atoms with van der Waals surface area (Å²) in [6, 6.07) is 8.21. The SMILES string of the molecule is Cc1cccc(O)c1-c1cc2c(nn1)N(C1CCCN(C)C1)CC2. The topological polar surface area (TPSA) is 52.5 Å². The number of likely N-dealkylation sites (tertiary alicyclic amines) is 1. The quantitative estimate of drug-likeness (QED) is 0.920. The zero-order chi connectivity index (χ0) is 16.7. The van der Waals surface area contributed by atoms with Crippen LogP contribution in [0.25, 0.3) is 11.3 Å². The van der Waals surface area contributed by atoms with Gasteiger partial charge in [-0.15, -0.1) is 10.2 Å². The van der Waals surface area contributed by atoms with E-state index in [4.69, 9.17) is 0 Å². The Balaban J connectivity index is 1.66. The Kier molecular flexibility index (Phi) is 3.88. The molecule has 4 rings (SSSR count). The lowest BCUT2D eigenvalue weighted by Crippen LogP contribution is -2.46. The molecule has 1 N–H and O–H groups in total. The van der Waals surface area contributed by atoms with E-state index >= 15 is 0 Å². The number of aromatic nitrogens is 2. The summed E-state index contributed by atoms with van der Waals surface area (Å²) in [7, 11) is 2.19. The van der Waals surface area contributed by atoms with E-state index in [9.17, 15) is 5.11 Å². The van der Waals surface area contributed by atoms with Crippen molar-refractivity contribution < 1.29 is 5.11 Å². The molecule has 2 aliphatic heterocycles. The molecule has 2 aromatic rings. The Hall–Kier alpha value is -2.14. The molecule has 3 heterocycles. The van der Waals surface area contributed by atoms with Crippen molar-refractivity contribution in [3.05, 3.63) is 35.4 Å². The van der Waals surface area contributed by atoms with Crippen LogP contribution in [0.15, 0.2) is 24.3 Å². The highest BCUT2D eigenvalue weighted by molar-refractivity contribution is 5.72. The smallest absolute Gasteiger partial charge is 0.154 e. The monoisotopic (exact) mass is 324 g/mol. The van der Waals surface area contributed by atoms with Crippen LogP contribution in [0, 0.1) is 6.92 Å². The second kappa shape index (κ2) is 6.06. The van der Waals surface area contributed by atoms with Crippen molar-refractivity contribution in [1.82, 2.24) is 15.1 Å². The van der Waals surface area contributed by atoms with E-state index in [-0.39, 0.29) is 5.75 Å². The average molecular weight is 324 g/mol. The first-order valence-corrected chi connectivity index (χ1v) is 8.74. The van der Waals surface area contributed by atoms with E-state index in [0.717, 1.165) is 42.1 Å². The fourth-order valence-corrected chi connectivity index (χ4v) is 4.05. The summed E-state index contributed by atoms with van der Waals surface area (Å²) in [5.41, 5.74) is 3.83. The fourth-order valence-electron chi connectivity index (χ4n) is 4.05. The molecule has 1 saturated heterocycles. The number of hydrogen-bond acceptors (Lipinski definition) is 5. The number of nitrogens with zero attached hydrogens (tertiary/aromatic N) is 4. The van der Waals surface area contributed by atoms with Gasteiger partial charge in [0.1, 0.15) is 5.75 Å². The van der Waals surface area contributed by atoms with Crippen molar-refractivity contribution in [3.63, 3.8) is 0 Å². The van der Waals surface area contributed by atoms with Crippen LogP contribution >= 0.6 is 0 Å². The minimum absolute atomic E-state index is 0.271. The number of likely N-dealkylation sites (N-methyl/N-ethyl adjacent to an activating group) is 1. The number of piperidine rings is 1. The third kappa shape index (κ3) is 2.63. The number of benzene rings is 1. The van der Waals surface area contributed by atoms with E-state index in [1.165, 1.54) is 24.9 Å². The lowest BCUT2D eigenvalue weighted by atomic mass is 10.0. The Morgan fingerprint density at radius 3 is 2.88 bits per heavy atom. The van der Waals surface area contributed by atoms with Crippen LogP contribution in [0.5, 0.6) is 5.75 Å². The molecule has 0 bridgehead atoms. The van der Waals surface area contributed by atoms with E-state index in [1.807, 2.05) is 19.1 Å². The van der Waals surface area contributed by atoms with Crippen LogP contribution in [0.3, 0.4) is 0 Å². The Morgan fingerprint density at radius 2 is 2.08 bits per heavy atom. The van der Waals surface area contributed by atoms with Gasteiger partial charge in [-0.1, -0.05) is 12.1 Å². The first-order valence-electron chi connectivity index (χ1n) is 8.74. The molecule has 1 fully saturated rings. The van der Waals surface area contributed by atoms with E-state index in [1.54, 1.807) is 6.07 Å². The zero-order valence-electron chi connectivity index (χ0n) is 14.4. The Morgan fingerprint density at radius 1 is 1.21 bits per heavy atom. The summed E-state index contributed by atoms with van der Waals surface area (Å²) >= 11 is 0. The minimum Gasteiger partial charge on any atom is -0.507 e. The number of aromatic hydroxyl groups is 1. The van der Waals surface area contributed by atoms with Gasteiger partial charge in [-0.3, -0.25) is 0 Å². The number of fused-ring (bicyclic) bond motifs is 1. The lowest BCUT2D eigenvalue weighted by molar-refractivity contribution is 0.245. The Bertz CT molecular complexity index is 741. The van der Waals surface area contributed by atoms with Crippen LogP contribution in [-0.2, 0) is 6.42 Å². The molecule has 0 amide bonds. The van der Waals surface area contributed by atoms with E-state index < -0.39 is 0 Å². The van der Waals surface area contributed by atoms with Crippen molar-refractivity contribution in [2.45, 2.75) is 32.2 Å². The number of aryl methyl sites for hydroxylation is 1. The fraction of sp³-hybridized carbons (Fsp3) is 0.474. The largest absolute Gasteiger partial charge is 0.507 e. The van der Waals surface area contributed by atoms with Gasteiger partial charge in [-0.2, -0.15) is 0 Å². The molecule has 0 saturated carbocycles. The molecule has 5 heteroatoms. The second-order valence-electron chi connectivity index (χ2n) is 7.05. The highest BCUT2D eigenvalue weighted by Gasteiger charge is 2.30. The predicted molar refractivity (Wildman–Crippen MR) is 95.4 cm³/mol. The molecular formula is C19H24N4O. The molecule has 0 spiro atoms. The average Bonchev–Trinajstić information content (AvgIpc) is 2.98. The minimum atomic E-state index is 0.271. The third-order valence-corrected chi connectivity index (χ3v) is 5.29. The molecular weight excluding hydrogens is 300 g/mol. The normalized spacial score (nSPS) is 21.1. The predicted octanol–water partition coefficient (Wildman–Crippen LogP) is 2.61. The number of hydrogen-bond donors (Lipinski definition) is 1. The maximum absolute atomic E-state index is 10.2. The van der Waals surface area contributed by atoms with Gasteiger partial charge in [-0.05, 0) is 57.5 Å². The number of anilines is 1. The van der Waals surface area contributed by atoms with E-state index in [2.05, 4.69) is 33.1 Å². The number of rotatable bonds is 2. The molecule has 1 aromatic carbocycles. The highest BCUT2D eigenvalue weighted by atomic mass is 16.3. The molecule has 1 atom stereocenters. The summed E-state index contributed by atoms with van der Waals surface area (Å²) in [4.78, 5) is 4.83. The van der Waals surface area contributed by atoms with Gasteiger partial charge in [0.2, 0.25) is 0 Å². The van der Waals surface area contributed by atoms with Gasteiger partial charge in [0.15, 0.2) is 5.82 Å². The summed E-state index contributed by atoms with van der Waals surface area (Å²) in [5.74, 6) is 1.31. The zero-order valence-corrected chi connectivity index (χ0v) is 14.4. The van der Waals surface area contributed by atoms with Crippen LogP contribution in [0.1, 0.15) is 24.0 Å². The van der Waals surface area contributed by atoms with Gasteiger partial charge in [0.25, 0.3) is 0 Å². The van der Waals surface area contributed by atoms with Gasteiger partial charge in [0, 0.05) is 30.3 Å². The van der Waals surface area contributed by atoms with Crippen LogP contribution in [0.2, 0.25) is 0 Å². The van der Waals surface area contributed by atoms with Crippen molar-refractivity contribution in [3.8, 4) is 17.0 Å². The molecule has 1 aromatic heterocycles. The maximum atomic E-state index is 10.2. The molecule has 2 aliphatic rings.